The van der Waals surface area contributed by atoms with Crippen LogP contribution in [0.15, 0.2) is 24.4 Å². The largest absolute Gasteiger partial charge is 0.316 e. The van der Waals surface area contributed by atoms with E-state index in [2.05, 4.69) is 39.8 Å². The van der Waals surface area contributed by atoms with Gasteiger partial charge in [0, 0.05) is 18.2 Å². The third-order valence-electron chi connectivity index (χ3n) is 3.44. The zero-order valence-electron chi connectivity index (χ0n) is 9.61. The molecule has 1 N–H and O–H groups in total. The highest BCUT2D eigenvalue weighted by atomic mass is 15.0. The number of aromatic nitrogens is 2. The van der Waals surface area contributed by atoms with Crippen molar-refractivity contribution in [2.75, 3.05) is 13.1 Å². The molecule has 3 nitrogen and oxygen atoms in total. The van der Waals surface area contributed by atoms with E-state index in [9.17, 15) is 0 Å². The lowest BCUT2D eigenvalue weighted by Gasteiger charge is -2.22. The van der Waals surface area contributed by atoms with Crippen molar-refractivity contribution < 1.29 is 0 Å². The molecule has 1 aliphatic heterocycles. The predicted molar refractivity (Wildman–Crippen MR) is 64.8 cm³/mol. The first-order chi connectivity index (χ1) is 7.86. The van der Waals surface area contributed by atoms with Gasteiger partial charge < -0.3 is 9.72 Å². The SMILES string of the molecule is Cc1cccc2cnc(C3CCCNC3)n12. The number of nitrogens with zero attached hydrogens (tertiary/aromatic N) is 2. The van der Waals surface area contributed by atoms with Gasteiger partial charge in [-0.15, -0.1) is 0 Å². The highest BCUT2D eigenvalue weighted by molar-refractivity contribution is 5.47. The van der Waals surface area contributed by atoms with E-state index < -0.39 is 0 Å². The summed E-state index contributed by atoms with van der Waals surface area (Å²) in [5.74, 6) is 1.79. The zero-order valence-corrected chi connectivity index (χ0v) is 9.61. The number of fused-ring (bicyclic) bond motifs is 1. The predicted octanol–water partition coefficient (Wildman–Crippen LogP) is 2.11. The average molecular weight is 215 g/mol. The summed E-state index contributed by atoms with van der Waals surface area (Å²) in [5, 5.41) is 3.45. The van der Waals surface area contributed by atoms with Gasteiger partial charge in [0.25, 0.3) is 0 Å². The van der Waals surface area contributed by atoms with Gasteiger partial charge in [-0.05, 0) is 38.4 Å². The van der Waals surface area contributed by atoms with Crippen LogP contribution >= 0.6 is 0 Å². The number of nitrogens with one attached hydrogen (secondary N) is 1. The molecule has 0 amide bonds. The van der Waals surface area contributed by atoms with Crippen molar-refractivity contribution in [2.24, 2.45) is 0 Å². The summed E-state index contributed by atoms with van der Waals surface area (Å²) in [5.41, 5.74) is 2.48. The second-order valence-corrected chi connectivity index (χ2v) is 4.59. The Hall–Kier alpha value is -1.35. The lowest BCUT2D eigenvalue weighted by Crippen LogP contribution is -2.29. The maximum Gasteiger partial charge on any atom is 0.117 e. The minimum Gasteiger partial charge on any atom is -0.316 e. The molecule has 3 heterocycles. The molecule has 1 atom stereocenters. The van der Waals surface area contributed by atoms with E-state index in [-0.39, 0.29) is 0 Å². The monoisotopic (exact) mass is 215 g/mol. The molecule has 1 saturated heterocycles. The van der Waals surface area contributed by atoms with Crippen LogP contribution in [0.2, 0.25) is 0 Å². The summed E-state index contributed by atoms with van der Waals surface area (Å²) in [6, 6.07) is 6.36. The van der Waals surface area contributed by atoms with E-state index >= 15 is 0 Å². The Labute approximate surface area is 95.5 Å². The fraction of sp³-hybridized carbons (Fsp3) is 0.462. The minimum absolute atomic E-state index is 0.567. The van der Waals surface area contributed by atoms with Crippen molar-refractivity contribution in [3.05, 3.63) is 35.9 Å². The lowest BCUT2D eigenvalue weighted by atomic mass is 9.99. The minimum atomic E-state index is 0.567. The summed E-state index contributed by atoms with van der Waals surface area (Å²) >= 11 is 0. The second kappa shape index (κ2) is 3.91. The Bertz CT molecular complexity index is 495. The van der Waals surface area contributed by atoms with Gasteiger partial charge in [0.15, 0.2) is 0 Å². The Balaban J connectivity index is 2.09. The summed E-state index contributed by atoms with van der Waals surface area (Å²) < 4.78 is 2.29. The Morgan fingerprint density at radius 2 is 2.38 bits per heavy atom. The van der Waals surface area contributed by atoms with Crippen LogP contribution in [0.5, 0.6) is 0 Å². The fourth-order valence-corrected chi connectivity index (χ4v) is 2.60. The van der Waals surface area contributed by atoms with Crippen molar-refractivity contribution in [3.8, 4) is 0 Å². The topological polar surface area (TPSA) is 29.3 Å². The van der Waals surface area contributed by atoms with Crippen molar-refractivity contribution in [3.63, 3.8) is 0 Å². The van der Waals surface area contributed by atoms with Gasteiger partial charge in [-0.25, -0.2) is 4.98 Å². The molecule has 2 aromatic rings. The van der Waals surface area contributed by atoms with Crippen LogP contribution in [-0.4, -0.2) is 22.5 Å². The first-order valence-corrected chi connectivity index (χ1v) is 6.00. The van der Waals surface area contributed by atoms with Crippen LogP contribution in [-0.2, 0) is 0 Å². The quantitative estimate of drug-likeness (QED) is 0.789. The lowest BCUT2D eigenvalue weighted by molar-refractivity contribution is 0.445. The molecular weight excluding hydrogens is 198 g/mol. The molecule has 0 bridgehead atoms. The average Bonchev–Trinajstić information content (AvgIpc) is 2.75. The van der Waals surface area contributed by atoms with Gasteiger partial charge in [-0.1, -0.05) is 6.07 Å². The number of aryl methyl sites for hydroxylation is 1. The second-order valence-electron chi connectivity index (χ2n) is 4.59. The molecule has 0 aromatic carbocycles. The molecule has 1 aliphatic rings. The number of pyridine rings is 1. The first kappa shape index (κ1) is 9.85. The summed E-state index contributed by atoms with van der Waals surface area (Å²) in [4.78, 5) is 4.60. The highest BCUT2D eigenvalue weighted by Crippen LogP contribution is 2.23. The van der Waals surface area contributed by atoms with Crippen molar-refractivity contribution in [2.45, 2.75) is 25.7 Å². The van der Waals surface area contributed by atoms with E-state index in [0.29, 0.717) is 5.92 Å². The highest BCUT2D eigenvalue weighted by Gasteiger charge is 2.19. The van der Waals surface area contributed by atoms with Gasteiger partial charge >= 0.3 is 0 Å². The summed E-state index contributed by atoms with van der Waals surface area (Å²) in [7, 11) is 0. The molecule has 16 heavy (non-hydrogen) atoms. The number of imidazole rings is 1. The van der Waals surface area contributed by atoms with Crippen LogP contribution in [0.25, 0.3) is 5.52 Å². The van der Waals surface area contributed by atoms with Gasteiger partial charge in [-0.3, -0.25) is 0 Å². The van der Waals surface area contributed by atoms with E-state index in [4.69, 9.17) is 0 Å². The Morgan fingerprint density at radius 1 is 1.44 bits per heavy atom. The molecule has 84 valence electrons. The Morgan fingerprint density at radius 3 is 3.19 bits per heavy atom. The molecule has 3 rings (SSSR count). The number of rotatable bonds is 1. The molecule has 3 heteroatoms. The van der Waals surface area contributed by atoms with Crippen LogP contribution in [0.1, 0.15) is 30.3 Å². The molecule has 1 unspecified atom stereocenters. The normalized spacial score (nSPS) is 21.4. The first-order valence-electron chi connectivity index (χ1n) is 6.00. The van der Waals surface area contributed by atoms with Gasteiger partial charge in [0.05, 0.1) is 11.7 Å². The van der Waals surface area contributed by atoms with Crippen molar-refractivity contribution >= 4 is 5.52 Å². The van der Waals surface area contributed by atoms with E-state index in [1.165, 1.54) is 29.9 Å². The third-order valence-corrected chi connectivity index (χ3v) is 3.44. The van der Waals surface area contributed by atoms with Gasteiger partial charge in [0.1, 0.15) is 5.82 Å². The van der Waals surface area contributed by atoms with Crippen LogP contribution in [0, 0.1) is 6.92 Å². The van der Waals surface area contributed by atoms with Crippen molar-refractivity contribution in [1.29, 1.82) is 0 Å². The smallest absolute Gasteiger partial charge is 0.117 e. The van der Waals surface area contributed by atoms with Crippen molar-refractivity contribution in [1.82, 2.24) is 14.7 Å². The Kier molecular flexibility index (Phi) is 2.40. The molecule has 0 saturated carbocycles. The number of hydrogen-bond donors (Lipinski definition) is 1. The summed E-state index contributed by atoms with van der Waals surface area (Å²) in [6.45, 7) is 4.36. The van der Waals surface area contributed by atoms with Crippen LogP contribution < -0.4 is 5.32 Å². The molecule has 0 spiro atoms. The zero-order chi connectivity index (χ0) is 11.0. The van der Waals surface area contributed by atoms with Gasteiger partial charge in [0.2, 0.25) is 0 Å². The molecule has 1 fully saturated rings. The number of hydrogen-bond acceptors (Lipinski definition) is 2. The standard InChI is InChI=1S/C13H17N3/c1-10-4-2-6-12-9-15-13(16(10)12)11-5-3-7-14-8-11/h2,4,6,9,11,14H,3,5,7-8H2,1H3. The van der Waals surface area contributed by atoms with Crippen LogP contribution in [0.3, 0.4) is 0 Å². The van der Waals surface area contributed by atoms with E-state index in [0.717, 1.165) is 13.1 Å². The van der Waals surface area contributed by atoms with Crippen LogP contribution in [0.4, 0.5) is 0 Å². The molecular formula is C13H17N3. The number of piperidine rings is 1. The fourth-order valence-electron chi connectivity index (χ4n) is 2.60. The molecule has 0 radical (unpaired) electrons. The van der Waals surface area contributed by atoms with E-state index in [1.807, 2.05) is 6.20 Å². The third kappa shape index (κ3) is 1.52. The molecule has 2 aromatic heterocycles. The van der Waals surface area contributed by atoms with Gasteiger partial charge in [-0.2, -0.15) is 0 Å². The maximum atomic E-state index is 4.60. The summed E-state index contributed by atoms with van der Waals surface area (Å²) in [6.07, 6.45) is 4.49. The van der Waals surface area contributed by atoms with E-state index in [1.54, 1.807) is 0 Å². The maximum absolute atomic E-state index is 4.60. The molecule has 0 aliphatic carbocycles.